The van der Waals surface area contributed by atoms with Crippen LogP contribution in [0, 0.1) is 5.92 Å². The number of carbonyl (C=O) groups is 3. The van der Waals surface area contributed by atoms with Crippen molar-refractivity contribution in [3.8, 4) is 0 Å². The van der Waals surface area contributed by atoms with E-state index in [1.807, 2.05) is 26.0 Å². The van der Waals surface area contributed by atoms with E-state index in [2.05, 4.69) is 10.3 Å². The van der Waals surface area contributed by atoms with Gasteiger partial charge in [-0.3, -0.25) is 23.7 Å². The number of thiocarbonyl (C=S) groups is 1. The average Bonchev–Trinajstić information content (AvgIpc) is 2.63. The lowest BCUT2D eigenvalue weighted by atomic mass is 10.0. The summed E-state index contributed by atoms with van der Waals surface area (Å²) in [5.74, 6) is -3.69. The average molecular weight is 437 g/mol. The van der Waals surface area contributed by atoms with E-state index in [1.165, 1.54) is 11.2 Å². The highest BCUT2D eigenvalue weighted by Crippen LogP contribution is 2.23. The van der Waals surface area contributed by atoms with Crippen molar-refractivity contribution < 1.29 is 23.7 Å². The number of carboxylic acids is 1. The molecule has 1 aliphatic heterocycles. The maximum Gasteiger partial charge on any atom is 0.251 e. The van der Waals surface area contributed by atoms with E-state index in [0.717, 1.165) is 11.8 Å². The lowest BCUT2D eigenvalue weighted by Crippen LogP contribution is -2.58. The van der Waals surface area contributed by atoms with Crippen molar-refractivity contribution >= 4 is 57.8 Å². The van der Waals surface area contributed by atoms with Gasteiger partial charge in [-0.25, -0.2) is 0 Å². The fraction of sp³-hybridized carbons (Fsp3) is 0.421. The SMILES string of the molecule is CC(C)c1ccc(N2C(=O)[C@H](C=N[C@@H](CC[S@@](C)=O)C(=O)[O-])C(=O)NC2=S)cc1. The first-order valence-electron chi connectivity index (χ1n) is 8.94. The van der Waals surface area contributed by atoms with Gasteiger partial charge in [-0.1, -0.05) is 26.0 Å². The van der Waals surface area contributed by atoms with E-state index in [1.54, 1.807) is 12.1 Å². The number of rotatable bonds is 8. The van der Waals surface area contributed by atoms with Crippen molar-refractivity contribution in [3.63, 3.8) is 0 Å². The molecule has 0 radical (unpaired) electrons. The van der Waals surface area contributed by atoms with Crippen LogP contribution in [-0.2, 0) is 25.2 Å². The lowest BCUT2D eigenvalue weighted by molar-refractivity contribution is -0.307. The number of amides is 2. The molecule has 1 heterocycles. The summed E-state index contributed by atoms with van der Waals surface area (Å²) in [5.41, 5.74) is 1.57. The minimum absolute atomic E-state index is 0.0245. The summed E-state index contributed by atoms with van der Waals surface area (Å²) < 4.78 is 11.2. The number of anilines is 1. The summed E-state index contributed by atoms with van der Waals surface area (Å²) in [4.78, 5) is 41.4. The van der Waals surface area contributed by atoms with Gasteiger partial charge in [0.1, 0.15) is 0 Å². The van der Waals surface area contributed by atoms with Gasteiger partial charge in [0.25, 0.3) is 5.91 Å². The monoisotopic (exact) mass is 436 g/mol. The van der Waals surface area contributed by atoms with Crippen LogP contribution in [0.3, 0.4) is 0 Å². The first-order valence-corrected chi connectivity index (χ1v) is 11.1. The van der Waals surface area contributed by atoms with Crippen molar-refractivity contribution in [2.75, 3.05) is 16.9 Å². The molecule has 0 bridgehead atoms. The Balaban J connectivity index is 2.25. The molecule has 1 N–H and O–H groups in total. The van der Waals surface area contributed by atoms with E-state index >= 15 is 0 Å². The van der Waals surface area contributed by atoms with Crippen LogP contribution in [0.25, 0.3) is 0 Å². The maximum atomic E-state index is 12.9. The highest BCUT2D eigenvalue weighted by atomic mass is 32.2. The second-order valence-electron chi connectivity index (χ2n) is 6.89. The Kier molecular flexibility index (Phi) is 7.74. The third-order valence-electron chi connectivity index (χ3n) is 4.39. The molecule has 0 aromatic heterocycles. The third kappa shape index (κ3) is 5.77. The number of nitrogens with one attached hydrogen (secondary N) is 1. The molecule has 3 atom stereocenters. The molecular formula is C19H22N3O5S2-. The summed E-state index contributed by atoms with van der Waals surface area (Å²) in [6.45, 7) is 4.08. The molecule has 0 spiro atoms. The largest absolute Gasteiger partial charge is 0.548 e. The zero-order valence-electron chi connectivity index (χ0n) is 16.3. The Bertz CT molecular complexity index is 867. The number of nitrogens with zero attached hydrogens (tertiary/aromatic N) is 2. The normalized spacial score (nSPS) is 19.5. The van der Waals surface area contributed by atoms with E-state index in [0.29, 0.717) is 11.6 Å². The number of aliphatic imine (C=N–C) groups is 1. The molecule has 1 aliphatic rings. The molecule has 1 saturated heterocycles. The number of carbonyl (C=O) groups excluding carboxylic acids is 3. The van der Waals surface area contributed by atoms with Crippen LogP contribution in [0.4, 0.5) is 5.69 Å². The Hall–Kier alpha value is -2.46. The maximum absolute atomic E-state index is 12.9. The second kappa shape index (κ2) is 9.84. The van der Waals surface area contributed by atoms with Gasteiger partial charge in [-0.2, -0.15) is 0 Å². The summed E-state index contributed by atoms with van der Waals surface area (Å²) >= 11 is 5.14. The zero-order chi connectivity index (χ0) is 21.7. The van der Waals surface area contributed by atoms with Crippen molar-refractivity contribution in [1.82, 2.24) is 5.32 Å². The topological polar surface area (TPSA) is 119 Å². The van der Waals surface area contributed by atoms with Gasteiger partial charge < -0.3 is 15.2 Å². The van der Waals surface area contributed by atoms with Gasteiger partial charge in [0.2, 0.25) is 5.91 Å². The smallest absolute Gasteiger partial charge is 0.251 e. The van der Waals surface area contributed by atoms with Crippen LogP contribution in [0.15, 0.2) is 29.3 Å². The third-order valence-corrected chi connectivity index (χ3v) is 5.48. The van der Waals surface area contributed by atoms with Gasteiger partial charge in [0.15, 0.2) is 11.0 Å². The van der Waals surface area contributed by atoms with Gasteiger partial charge in [-0.15, -0.1) is 0 Å². The van der Waals surface area contributed by atoms with Gasteiger partial charge in [-0.05, 0) is 42.3 Å². The summed E-state index contributed by atoms with van der Waals surface area (Å²) in [6, 6.07) is 5.89. The molecule has 0 unspecified atom stereocenters. The molecule has 1 aromatic rings. The number of carboxylic acid groups (broad SMARTS) is 1. The molecule has 29 heavy (non-hydrogen) atoms. The Morgan fingerprint density at radius 1 is 1.34 bits per heavy atom. The number of hydrogen-bond donors (Lipinski definition) is 1. The Labute approximate surface area is 176 Å². The number of hydrogen-bond acceptors (Lipinski definition) is 7. The quantitative estimate of drug-likeness (QED) is 0.352. The van der Waals surface area contributed by atoms with E-state index in [4.69, 9.17) is 12.2 Å². The van der Waals surface area contributed by atoms with Gasteiger partial charge in [0.05, 0.1) is 17.7 Å². The van der Waals surface area contributed by atoms with Gasteiger partial charge >= 0.3 is 0 Å². The molecule has 1 fully saturated rings. The minimum atomic E-state index is -1.47. The van der Waals surface area contributed by atoms with E-state index < -0.39 is 40.5 Å². The minimum Gasteiger partial charge on any atom is -0.548 e. The molecule has 156 valence electrons. The van der Waals surface area contributed by atoms with Crippen LogP contribution in [0.5, 0.6) is 0 Å². The molecule has 2 rings (SSSR count). The van der Waals surface area contributed by atoms with Crippen LogP contribution < -0.4 is 15.3 Å². The summed E-state index contributed by atoms with van der Waals surface area (Å²) in [6.07, 6.45) is 2.41. The molecule has 0 saturated carbocycles. The lowest BCUT2D eigenvalue weighted by Gasteiger charge is -2.31. The zero-order valence-corrected chi connectivity index (χ0v) is 17.9. The molecule has 0 aliphatic carbocycles. The van der Waals surface area contributed by atoms with Crippen molar-refractivity contribution in [3.05, 3.63) is 29.8 Å². The number of aliphatic carboxylic acids is 1. The summed E-state index contributed by atoms with van der Waals surface area (Å²) in [7, 11) is -1.20. The molecule has 1 aromatic carbocycles. The highest BCUT2D eigenvalue weighted by molar-refractivity contribution is 7.84. The molecule has 8 nitrogen and oxygen atoms in total. The number of benzene rings is 1. The van der Waals surface area contributed by atoms with Crippen LogP contribution >= 0.6 is 12.2 Å². The standard InChI is InChI=1S/C19H23N3O5S2/c1-11(2)12-4-6-13(7-5-12)22-17(24)14(16(23)21-19(22)28)10-20-15(18(25)26)8-9-29(3)27/h4-7,10-11,14-15H,8-9H2,1-3H3,(H,25,26)(H,21,23,28)/p-1/t14-,15+,29-/m1/s1. The van der Waals surface area contributed by atoms with Crippen molar-refractivity contribution in [1.29, 1.82) is 0 Å². The van der Waals surface area contributed by atoms with E-state index in [9.17, 15) is 23.7 Å². The van der Waals surface area contributed by atoms with Crippen LogP contribution in [-0.4, -0.2) is 51.4 Å². The second-order valence-corrected chi connectivity index (χ2v) is 8.83. The van der Waals surface area contributed by atoms with Crippen molar-refractivity contribution in [2.24, 2.45) is 10.9 Å². The van der Waals surface area contributed by atoms with Crippen LogP contribution in [0.1, 0.15) is 31.7 Å². The van der Waals surface area contributed by atoms with E-state index in [-0.39, 0.29) is 17.3 Å². The fourth-order valence-electron chi connectivity index (χ4n) is 2.70. The van der Waals surface area contributed by atoms with Crippen LogP contribution in [0.2, 0.25) is 0 Å². The highest BCUT2D eigenvalue weighted by Gasteiger charge is 2.38. The van der Waals surface area contributed by atoms with Crippen molar-refractivity contribution in [2.45, 2.75) is 32.2 Å². The molecular weight excluding hydrogens is 414 g/mol. The first kappa shape index (κ1) is 22.8. The predicted molar refractivity (Wildman–Crippen MR) is 113 cm³/mol. The first-order chi connectivity index (χ1) is 13.6. The molecule has 2 amide bonds. The van der Waals surface area contributed by atoms with Gasteiger partial charge in [0, 0.05) is 29.0 Å². The summed E-state index contributed by atoms with van der Waals surface area (Å²) in [5, 5.41) is 13.6. The Morgan fingerprint density at radius 2 is 1.97 bits per heavy atom. The predicted octanol–water partition coefficient (Wildman–Crippen LogP) is 0.132. The fourth-order valence-corrected chi connectivity index (χ4v) is 3.55. The molecule has 10 heteroatoms. The Morgan fingerprint density at radius 3 is 2.48 bits per heavy atom.